The topological polar surface area (TPSA) is 44.1 Å². The molecule has 0 bridgehead atoms. The lowest BCUT2D eigenvalue weighted by Gasteiger charge is -2.26. The highest BCUT2D eigenvalue weighted by atomic mass is 16.2. The molecular weight excluding hydrogens is 224 g/mol. The molecule has 0 spiro atoms. The Bertz CT molecular complexity index is 267. The average Bonchev–Trinajstić information content (AvgIpc) is 2.29. The number of nitriles is 1. The minimum absolute atomic E-state index is 0.0151. The van der Waals surface area contributed by atoms with E-state index < -0.39 is 5.92 Å². The Hall–Kier alpha value is -1.04. The predicted octanol–water partition coefficient (Wildman–Crippen LogP) is 3.46. The van der Waals surface area contributed by atoms with Crippen molar-refractivity contribution in [1.82, 2.24) is 4.90 Å². The Kier molecular flexibility index (Phi) is 8.45. The van der Waals surface area contributed by atoms with E-state index in [0.29, 0.717) is 18.3 Å². The van der Waals surface area contributed by atoms with Gasteiger partial charge in [-0.3, -0.25) is 4.79 Å². The molecule has 1 unspecified atom stereocenters. The van der Waals surface area contributed by atoms with Crippen LogP contribution < -0.4 is 0 Å². The van der Waals surface area contributed by atoms with Crippen molar-refractivity contribution in [3.63, 3.8) is 0 Å². The fraction of sp³-hybridized carbons (Fsp3) is 0.867. The Morgan fingerprint density at radius 2 is 1.56 bits per heavy atom. The van der Waals surface area contributed by atoms with Crippen LogP contribution >= 0.6 is 0 Å². The number of nitrogens with zero attached hydrogens (tertiary/aromatic N) is 2. The number of hydrogen-bond acceptors (Lipinski definition) is 2. The van der Waals surface area contributed by atoms with E-state index in [2.05, 4.69) is 33.8 Å². The average molecular weight is 252 g/mol. The van der Waals surface area contributed by atoms with Crippen molar-refractivity contribution in [2.75, 3.05) is 13.1 Å². The second-order valence-corrected chi connectivity index (χ2v) is 5.78. The highest BCUT2D eigenvalue weighted by Crippen LogP contribution is 2.12. The Morgan fingerprint density at radius 1 is 1.11 bits per heavy atom. The molecule has 0 aliphatic carbocycles. The molecular formula is C15H28N2O. The van der Waals surface area contributed by atoms with Crippen LogP contribution in [0.2, 0.25) is 0 Å². The van der Waals surface area contributed by atoms with Crippen LogP contribution in [-0.4, -0.2) is 23.9 Å². The van der Waals surface area contributed by atoms with Crippen molar-refractivity contribution in [3.8, 4) is 6.07 Å². The van der Waals surface area contributed by atoms with E-state index in [1.165, 1.54) is 0 Å². The quantitative estimate of drug-likeness (QED) is 0.664. The van der Waals surface area contributed by atoms with Gasteiger partial charge in [0.1, 0.15) is 5.92 Å². The standard InChI is InChI=1S/C15H28N2O/c1-6-14(11-16)15(18)17(9-7-12(2)3)10-8-13(4)5/h12-14H,6-10H2,1-5H3. The highest BCUT2D eigenvalue weighted by molar-refractivity contribution is 5.81. The number of amides is 1. The van der Waals surface area contributed by atoms with Gasteiger partial charge < -0.3 is 4.90 Å². The summed E-state index contributed by atoms with van der Waals surface area (Å²) in [6.07, 6.45) is 2.62. The Morgan fingerprint density at radius 3 is 1.83 bits per heavy atom. The summed E-state index contributed by atoms with van der Waals surface area (Å²) in [5.41, 5.74) is 0. The van der Waals surface area contributed by atoms with E-state index in [0.717, 1.165) is 25.9 Å². The van der Waals surface area contributed by atoms with E-state index in [4.69, 9.17) is 5.26 Å². The summed E-state index contributed by atoms with van der Waals surface area (Å²) in [7, 11) is 0. The van der Waals surface area contributed by atoms with Gasteiger partial charge in [-0.15, -0.1) is 0 Å². The first kappa shape index (κ1) is 17.0. The lowest BCUT2D eigenvalue weighted by molar-refractivity contribution is -0.134. The lowest BCUT2D eigenvalue weighted by Crippen LogP contribution is -2.38. The summed E-state index contributed by atoms with van der Waals surface area (Å²) >= 11 is 0. The van der Waals surface area contributed by atoms with Gasteiger partial charge in [0, 0.05) is 13.1 Å². The summed E-state index contributed by atoms with van der Waals surface area (Å²) in [6, 6.07) is 2.12. The molecule has 0 aliphatic heterocycles. The van der Waals surface area contributed by atoms with Crippen LogP contribution in [-0.2, 0) is 4.79 Å². The smallest absolute Gasteiger partial charge is 0.239 e. The van der Waals surface area contributed by atoms with Crippen LogP contribution in [0.4, 0.5) is 0 Å². The number of hydrogen-bond donors (Lipinski definition) is 0. The summed E-state index contributed by atoms with van der Waals surface area (Å²) < 4.78 is 0. The zero-order valence-corrected chi connectivity index (χ0v) is 12.6. The van der Waals surface area contributed by atoms with Crippen LogP contribution in [0.5, 0.6) is 0 Å². The third-order valence-corrected chi connectivity index (χ3v) is 3.13. The molecule has 0 rings (SSSR count). The maximum absolute atomic E-state index is 12.2. The van der Waals surface area contributed by atoms with Crippen LogP contribution in [0.3, 0.4) is 0 Å². The number of rotatable bonds is 8. The summed E-state index contributed by atoms with van der Waals surface area (Å²) in [6.45, 7) is 12.1. The molecule has 0 aromatic heterocycles. The van der Waals surface area contributed by atoms with Crippen molar-refractivity contribution < 1.29 is 4.79 Å². The van der Waals surface area contributed by atoms with E-state index >= 15 is 0 Å². The molecule has 3 heteroatoms. The molecule has 0 aromatic rings. The van der Waals surface area contributed by atoms with Crippen molar-refractivity contribution in [2.24, 2.45) is 17.8 Å². The molecule has 1 atom stereocenters. The Labute approximate surface area is 112 Å². The molecule has 1 amide bonds. The molecule has 0 radical (unpaired) electrons. The van der Waals surface area contributed by atoms with Crippen LogP contribution in [0, 0.1) is 29.1 Å². The number of carbonyl (C=O) groups excluding carboxylic acids is 1. The molecule has 3 nitrogen and oxygen atoms in total. The van der Waals surface area contributed by atoms with Crippen molar-refractivity contribution in [3.05, 3.63) is 0 Å². The van der Waals surface area contributed by atoms with Gasteiger partial charge in [-0.25, -0.2) is 0 Å². The maximum atomic E-state index is 12.2. The first-order valence-electron chi connectivity index (χ1n) is 7.10. The van der Waals surface area contributed by atoms with Crippen LogP contribution in [0.25, 0.3) is 0 Å². The van der Waals surface area contributed by atoms with E-state index in [9.17, 15) is 4.79 Å². The summed E-state index contributed by atoms with van der Waals surface area (Å²) in [4.78, 5) is 14.1. The largest absolute Gasteiger partial charge is 0.342 e. The van der Waals surface area contributed by atoms with Gasteiger partial charge in [0.2, 0.25) is 5.91 Å². The van der Waals surface area contributed by atoms with Crippen molar-refractivity contribution >= 4 is 5.91 Å². The molecule has 0 N–H and O–H groups in total. The first-order chi connectivity index (χ1) is 8.42. The third-order valence-electron chi connectivity index (χ3n) is 3.13. The zero-order chi connectivity index (χ0) is 14.1. The maximum Gasteiger partial charge on any atom is 0.239 e. The molecule has 104 valence electrons. The van der Waals surface area contributed by atoms with Crippen LogP contribution in [0.1, 0.15) is 53.9 Å². The van der Waals surface area contributed by atoms with Crippen molar-refractivity contribution in [2.45, 2.75) is 53.9 Å². The molecule has 0 aliphatic rings. The second kappa shape index (κ2) is 8.97. The fourth-order valence-electron chi connectivity index (χ4n) is 1.70. The van der Waals surface area contributed by atoms with Gasteiger partial charge in [-0.1, -0.05) is 34.6 Å². The fourth-order valence-corrected chi connectivity index (χ4v) is 1.70. The normalized spacial score (nSPS) is 12.6. The SMILES string of the molecule is CCC(C#N)C(=O)N(CCC(C)C)CCC(C)C. The monoisotopic (exact) mass is 252 g/mol. The van der Waals surface area contributed by atoms with Gasteiger partial charge >= 0.3 is 0 Å². The van der Waals surface area contributed by atoms with Gasteiger partial charge in [0.25, 0.3) is 0 Å². The third kappa shape index (κ3) is 6.64. The molecule has 0 heterocycles. The highest BCUT2D eigenvalue weighted by Gasteiger charge is 2.22. The molecule has 0 fully saturated rings. The molecule has 0 saturated carbocycles. The van der Waals surface area contributed by atoms with Crippen LogP contribution in [0.15, 0.2) is 0 Å². The van der Waals surface area contributed by atoms with Gasteiger partial charge in [0.05, 0.1) is 6.07 Å². The summed E-state index contributed by atoms with van der Waals surface area (Å²) in [5.74, 6) is 0.716. The minimum Gasteiger partial charge on any atom is -0.342 e. The number of carbonyl (C=O) groups is 1. The lowest BCUT2D eigenvalue weighted by atomic mass is 10.0. The molecule has 18 heavy (non-hydrogen) atoms. The van der Waals surface area contributed by atoms with E-state index in [1.54, 1.807) is 0 Å². The first-order valence-corrected chi connectivity index (χ1v) is 7.10. The zero-order valence-electron chi connectivity index (χ0n) is 12.6. The molecule has 0 aromatic carbocycles. The van der Waals surface area contributed by atoms with Gasteiger partial charge in [-0.2, -0.15) is 5.26 Å². The second-order valence-electron chi connectivity index (χ2n) is 5.78. The van der Waals surface area contributed by atoms with Gasteiger partial charge in [0.15, 0.2) is 0 Å². The van der Waals surface area contributed by atoms with E-state index in [1.807, 2.05) is 11.8 Å². The minimum atomic E-state index is -0.468. The Balaban J connectivity index is 4.53. The molecule has 0 saturated heterocycles. The predicted molar refractivity (Wildman–Crippen MR) is 74.9 cm³/mol. The van der Waals surface area contributed by atoms with Crippen molar-refractivity contribution in [1.29, 1.82) is 5.26 Å². The summed E-state index contributed by atoms with van der Waals surface area (Å²) in [5, 5.41) is 9.00. The van der Waals surface area contributed by atoms with Gasteiger partial charge in [-0.05, 0) is 31.1 Å². The van der Waals surface area contributed by atoms with E-state index in [-0.39, 0.29) is 5.91 Å².